The molecular formula is C21H25F2N11O6P2S2. The largest absolute Gasteiger partial charge is 0.382 e. The molecule has 4 aromatic heterocycles. The van der Waals surface area contributed by atoms with Crippen molar-refractivity contribution in [2.75, 3.05) is 24.2 Å². The molecule has 23 heteroatoms. The van der Waals surface area contributed by atoms with Gasteiger partial charge in [-0.2, -0.15) is 0 Å². The molecule has 10 atom stereocenters. The number of nitrogen functional groups attached to an aromatic ring is 2. The molecule has 17 nitrogen and oxygen atoms in total. The second kappa shape index (κ2) is 11.1. The maximum Gasteiger partial charge on any atom is 0.259 e. The van der Waals surface area contributed by atoms with Gasteiger partial charge in [0.15, 0.2) is 54.2 Å². The third-order valence-electron chi connectivity index (χ3n) is 7.60. The van der Waals surface area contributed by atoms with E-state index < -0.39 is 62.3 Å². The summed E-state index contributed by atoms with van der Waals surface area (Å²) in [6.07, 6.45) is -6.58. The third kappa shape index (κ3) is 5.28. The van der Waals surface area contributed by atoms with Crippen molar-refractivity contribution < 1.29 is 37.1 Å². The highest BCUT2D eigenvalue weighted by atomic mass is 32.5. The quantitative estimate of drug-likeness (QED) is 0.181. The smallest absolute Gasteiger partial charge is 0.259 e. The van der Waals surface area contributed by atoms with Crippen LogP contribution in [0.2, 0.25) is 0 Å². The number of aromatic nitrogens is 8. The van der Waals surface area contributed by atoms with Gasteiger partial charge in [-0.3, -0.25) is 9.13 Å². The van der Waals surface area contributed by atoms with Crippen molar-refractivity contribution in [2.24, 2.45) is 0 Å². The van der Waals surface area contributed by atoms with Gasteiger partial charge in [-0.1, -0.05) is 0 Å². The number of imidazole rings is 2. The van der Waals surface area contributed by atoms with Crippen molar-refractivity contribution in [2.45, 2.75) is 55.6 Å². The lowest BCUT2D eigenvalue weighted by atomic mass is 10.1. The molecule has 0 aromatic carbocycles. The Morgan fingerprint density at radius 1 is 0.818 bits per heavy atom. The molecule has 0 amide bonds. The third-order valence-corrected chi connectivity index (χ3v) is 11.6. The summed E-state index contributed by atoms with van der Waals surface area (Å²) in [5.74, 6) is 0.188. The Bertz CT molecular complexity index is 1710. The zero-order valence-corrected chi connectivity index (χ0v) is 25.7. The van der Waals surface area contributed by atoms with E-state index in [2.05, 4.69) is 35.0 Å². The van der Waals surface area contributed by atoms with Gasteiger partial charge in [0, 0.05) is 12.7 Å². The van der Waals surface area contributed by atoms with E-state index >= 15 is 8.78 Å². The fourth-order valence-electron chi connectivity index (χ4n) is 5.54. The Hall–Kier alpha value is -2.42. The second-order valence-electron chi connectivity index (χ2n) is 10.4. The number of alkyl halides is 2. The average molecular weight is 692 g/mol. The lowest BCUT2D eigenvalue weighted by Crippen LogP contribution is -2.40. The van der Waals surface area contributed by atoms with Crippen LogP contribution in [0.4, 0.5) is 20.4 Å². The fourth-order valence-corrected chi connectivity index (χ4v) is 9.06. The van der Waals surface area contributed by atoms with Crippen LogP contribution in [0.25, 0.3) is 22.3 Å². The van der Waals surface area contributed by atoms with Crippen molar-refractivity contribution in [1.29, 1.82) is 0 Å². The van der Waals surface area contributed by atoms with E-state index in [1.54, 1.807) is 0 Å². The molecule has 236 valence electrons. The molecule has 0 radical (unpaired) electrons. The zero-order chi connectivity index (χ0) is 31.0. The number of nitrogens with one attached hydrogen (secondary N) is 1. The van der Waals surface area contributed by atoms with Crippen LogP contribution in [0, 0.1) is 0 Å². The Labute approximate surface area is 256 Å². The lowest BCUT2D eigenvalue weighted by Gasteiger charge is -2.30. The first-order valence-corrected chi connectivity index (χ1v) is 18.7. The molecule has 0 bridgehead atoms. The number of hydrogen-bond donors (Lipinski definition) is 5. The summed E-state index contributed by atoms with van der Waals surface area (Å²) in [6, 6.07) is 0. The highest BCUT2D eigenvalue weighted by molar-refractivity contribution is 8.09. The van der Waals surface area contributed by atoms with E-state index in [0.717, 1.165) is 0 Å². The SMILES string of the molecule is Nc1ncnc2c1ncn2[C@@H]1O[C@@H]2CNP(O)(=S)O[C@H]3[C@@H](F)[C@H](n4cnc5c(N)ncnc54)O[C@@H]3CCP(O)(=S)O[C@H]2[C@H]1F. The molecule has 3 aliphatic heterocycles. The van der Waals surface area contributed by atoms with Crippen LogP contribution < -0.4 is 16.6 Å². The van der Waals surface area contributed by atoms with Gasteiger partial charge in [0.2, 0.25) is 0 Å². The molecule has 0 saturated carbocycles. The molecule has 3 saturated heterocycles. The number of ether oxygens (including phenoxy) is 2. The van der Waals surface area contributed by atoms with E-state index in [4.69, 9.17) is 53.6 Å². The summed E-state index contributed by atoms with van der Waals surface area (Å²) in [4.78, 5) is 46.6. The Morgan fingerprint density at radius 2 is 1.34 bits per heavy atom. The van der Waals surface area contributed by atoms with Gasteiger partial charge in [-0.25, -0.2) is 43.8 Å². The minimum absolute atomic E-state index is 0.0740. The number of halogens is 2. The molecule has 2 unspecified atom stereocenters. The van der Waals surface area contributed by atoms with E-state index in [1.807, 2.05) is 0 Å². The molecule has 4 aromatic rings. The first kappa shape index (κ1) is 30.2. The number of fused-ring (bicyclic) bond motifs is 4. The predicted molar refractivity (Wildman–Crippen MR) is 157 cm³/mol. The summed E-state index contributed by atoms with van der Waals surface area (Å²) in [5, 5.41) is 2.66. The average Bonchev–Trinajstić information content (AvgIpc) is 3.73. The lowest BCUT2D eigenvalue weighted by molar-refractivity contribution is -0.0243. The number of nitrogens with zero attached hydrogens (tertiary/aromatic N) is 8. The Morgan fingerprint density at radius 3 is 1.91 bits per heavy atom. The number of rotatable bonds is 2. The molecule has 7 heterocycles. The standard InChI is InChI=1S/C21H25F2N11O6P2S2/c22-10-14-8(37-20(10)33-6-30-12-16(24)26-4-28-18(12)33)1-2-41(35,43)39-15-9(3-32-42(36,44)40-14)38-21(11(15)23)34-7-31-13-17(25)27-5-29-19(13)34/h4-11,14-15,20-21H,1-3H2,(H,35,43)(H2,24,26,28)(H2,25,27,29)(H2,32,36,44)/t8-,9-,10-,11-,14-,15-,20-,21-,41?,42?/m1/s1. The van der Waals surface area contributed by atoms with Gasteiger partial charge in [0.1, 0.15) is 42.0 Å². The molecule has 7 rings (SSSR count). The van der Waals surface area contributed by atoms with E-state index in [0.29, 0.717) is 0 Å². The van der Waals surface area contributed by atoms with Crippen LogP contribution in [0.15, 0.2) is 25.3 Å². The van der Waals surface area contributed by atoms with Crippen LogP contribution in [0.5, 0.6) is 0 Å². The predicted octanol–water partition coefficient (Wildman–Crippen LogP) is 0.584. The van der Waals surface area contributed by atoms with Crippen molar-refractivity contribution in [3.63, 3.8) is 0 Å². The van der Waals surface area contributed by atoms with Crippen LogP contribution >= 0.6 is 13.1 Å². The van der Waals surface area contributed by atoms with Gasteiger partial charge in [0.05, 0.1) is 18.8 Å². The van der Waals surface area contributed by atoms with Crippen molar-refractivity contribution >= 4 is 70.7 Å². The van der Waals surface area contributed by atoms with Gasteiger partial charge >= 0.3 is 0 Å². The summed E-state index contributed by atoms with van der Waals surface area (Å²) < 4.78 is 58.4. The van der Waals surface area contributed by atoms with Gasteiger partial charge < -0.3 is 39.8 Å². The Balaban J connectivity index is 1.17. The highest BCUT2D eigenvalue weighted by Crippen LogP contribution is 2.53. The van der Waals surface area contributed by atoms with Crippen molar-refractivity contribution in [3.8, 4) is 0 Å². The first-order chi connectivity index (χ1) is 20.9. The van der Waals surface area contributed by atoms with Crippen molar-refractivity contribution in [3.05, 3.63) is 25.3 Å². The number of hydrogen-bond acceptors (Lipinski definition) is 14. The van der Waals surface area contributed by atoms with Crippen LogP contribution in [-0.4, -0.2) is 98.3 Å². The van der Waals surface area contributed by atoms with E-state index in [-0.39, 0.29) is 53.1 Å². The molecule has 3 aliphatic rings. The molecule has 3 fully saturated rings. The maximum absolute atomic E-state index is 16.1. The van der Waals surface area contributed by atoms with Crippen LogP contribution in [-0.2, 0) is 42.1 Å². The summed E-state index contributed by atoms with van der Waals surface area (Å²) in [7, 11) is 0. The van der Waals surface area contributed by atoms with E-state index in [9.17, 15) is 9.79 Å². The Kier molecular flexibility index (Phi) is 7.65. The topological polar surface area (TPSA) is 229 Å². The second-order valence-corrected chi connectivity index (χ2v) is 17.1. The molecule has 0 aliphatic carbocycles. The van der Waals surface area contributed by atoms with Gasteiger partial charge in [-0.05, 0) is 30.0 Å². The summed E-state index contributed by atoms with van der Waals surface area (Å²) >= 11 is 10.7. The monoisotopic (exact) mass is 691 g/mol. The molecule has 0 spiro atoms. The zero-order valence-electron chi connectivity index (χ0n) is 22.3. The maximum atomic E-state index is 16.1. The summed E-state index contributed by atoms with van der Waals surface area (Å²) in [5.41, 5.74) is 12.6. The van der Waals surface area contributed by atoms with Crippen LogP contribution in [0.3, 0.4) is 0 Å². The molecular weight excluding hydrogens is 666 g/mol. The number of nitrogens with two attached hydrogens (primary N) is 2. The minimum Gasteiger partial charge on any atom is -0.382 e. The first-order valence-electron chi connectivity index (χ1n) is 13.1. The highest BCUT2D eigenvalue weighted by Gasteiger charge is 2.53. The van der Waals surface area contributed by atoms with E-state index in [1.165, 1.54) is 34.4 Å². The fraction of sp³-hybridized carbons (Fsp3) is 0.524. The van der Waals surface area contributed by atoms with Crippen molar-refractivity contribution in [1.82, 2.24) is 44.1 Å². The van der Waals surface area contributed by atoms with Crippen LogP contribution in [0.1, 0.15) is 18.9 Å². The number of anilines is 2. The van der Waals surface area contributed by atoms with Gasteiger partial charge in [-0.15, -0.1) is 0 Å². The van der Waals surface area contributed by atoms with Gasteiger partial charge in [0.25, 0.3) is 6.64 Å². The minimum atomic E-state index is -3.93. The normalized spacial score (nSPS) is 38.3. The molecule has 44 heavy (non-hydrogen) atoms. The molecule has 7 N–H and O–H groups in total. The summed E-state index contributed by atoms with van der Waals surface area (Å²) in [6.45, 7) is -7.94.